The summed E-state index contributed by atoms with van der Waals surface area (Å²) in [4.78, 5) is 17.4. The summed E-state index contributed by atoms with van der Waals surface area (Å²) in [5, 5.41) is 10.4. The van der Waals surface area contributed by atoms with Crippen LogP contribution >= 0.6 is 11.3 Å². The van der Waals surface area contributed by atoms with E-state index >= 15 is 0 Å². The van der Waals surface area contributed by atoms with Gasteiger partial charge in [0.15, 0.2) is 6.10 Å². The van der Waals surface area contributed by atoms with Crippen LogP contribution in [0.5, 0.6) is 11.5 Å². The lowest BCUT2D eigenvalue weighted by Gasteiger charge is -2.16. The molecule has 32 heavy (non-hydrogen) atoms. The van der Waals surface area contributed by atoms with E-state index in [2.05, 4.69) is 19.1 Å². The molecular weight excluding hydrogens is 426 g/mol. The molecule has 0 spiro atoms. The number of carboxylic acid groups (broad SMARTS) is 1. The standard InChI is InChI=1S/C25H29NO5S/c1-4-29-22-16-20(12-11-19(22)15-23(25(27)28)30-5-2)31-14-13-21-17(3)32-24(26-21)18-9-7-6-8-10-18/h6-12,16,23H,4-5,13-15H2,1-3H3,(H,27,28). The van der Waals surface area contributed by atoms with E-state index in [0.29, 0.717) is 37.7 Å². The van der Waals surface area contributed by atoms with E-state index in [1.165, 1.54) is 4.88 Å². The average molecular weight is 456 g/mol. The summed E-state index contributed by atoms with van der Waals surface area (Å²) in [6, 6.07) is 15.7. The van der Waals surface area contributed by atoms with E-state index in [9.17, 15) is 9.90 Å². The molecule has 6 nitrogen and oxygen atoms in total. The largest absolute Gasteiger partial charge is 0.493 e. The highest BCUT2D eigenvalue weighted by Crippen LogP contribution is 2.29. The molecule has 0 fully saturated rings. The van der Waals surface area contributed by atoms with E-state index < -0.39 is 12.1 Å². The van der Waals surface area contributed by atoms with Gasteiger partial charge in [-0.3, -0.25) is 0 Å². The van der Waals surface area contributed by atoms with Crippen LogP contribution in [0.1, 0.15) is 30.0 Å². The van der Waals surface area contributed by atoms with Crippen LogP contribution in [0.25, 0.3) is 10.6 Å². The van der Waals surface area contributed by atoms with Gasteiger partial charge in [-0.05, 0) is 32.4 Å². The first kappa shape index (κ1) is 23.8. The predicted octanol–water partition coefficient (Wildman–Crippen LogP) is 5.17. The molecule has 3 rings (SSSR count). The van der Waals surface area contributed by atoms with Crippen molar-refractivity contribution in [2.45, 2.75) is 39.7 Å². The molecular formula is C25H29NO5S. The van der Waals surface area contributed by atoms with Gasteiger partial charge in [-0.15, -0.1) is 11.3 Å². The molecule has 1 atom stereocenters. The normalized spacial score (nSPS) is 11.8. The van der Waals surface area contributed by atoms with Crippen molar-refractivity contribution >= 4 is 17.3 Å². The molecule has 1 heterocycles. The summed E-state index contributed by atoms with van der Waals surface area (Å²) in [6.45, 7) is 7.05. The maximum Gasteiger partial charge on any atom is 0.333 e. The van der Waals surface area contributed by atoms with Gasteiger partial charge in [0.2, 0.25) is 0 Å². The van der Waals surface area contributed by atoms with Gasteiger partial charge in [-0.25, -0.2) is 9.78 Å². The summed E-state index contributed by atoms with van der Waals surface area (Å²) in [5.41, 5.74) is 2.94. The van der Waals surface area contributed by atoms with Crippen molar-refractivity contribution in [1.82, 2.24) is 4.98 Å². The lowest BCUT2D eigenvalue weighted by Crippen LogP contribution is -2.26. The second kappa shape index (κ2) is 11.6. The fourth-order valence-electron chi connectivity index (χ4n) is 3.33. The Morgan fingerprint density at radius 3 is 2.56 bits per heavy atom. The van der Waals surface area contributed by atoms with Gasteiger partial charge in [-0.2, -0.15) is 0 Å². The second-order valence-corrected chi connectivity index (χ2v) is 8.38. The Labute approximate surface area is 192 Å². The summed E-state index contributed by atoms with van der Waals surface area (Å²) in [7, 11) is 0. The van der Waals surface area contributed by atoms with E-state index in [1.54, 1.807) is 18.3 Å². The van der Waals surface area contributed by atoms with Crippen molar-refractivity contribution in [3.8, 4) is 22.1 Å². The number of carboxylic acids is 1. The van der Waals surface area contributed by atoms with E-state index in [1.807, 2.05) is 43.3 Å². The highest BCUT2D eigenvalue weighted by molar-refractivity contribution is 7.15. The number of rotatable bonds is 12. The first-order valence-electron chi connectivity index (χ1n) is 10.8. The van der Waals surface area contributed by atoms with Crippen molar-refractivity contribution in [3.05, 3.63) is 64.7 Å². The van der Waals surface area contributed by atoms with Gasteiger partial charge >= 0.3 is 5.97 Å². The third kappa shape index (κ3) is 6.31. The van der Waals surface area contributed by atoms with Crippen LogP contribution in [-0.2, 0) is 22.4 Å². The monoisotopic (exact) mass is 455 g/mol. The molecule has 0 aliphatic rings. The highest BCUT2D eigenvalue weighted by atomic mass is 32.1. The molecule has 7 heteroatoms. The maximum atomic E-state index is 11.4. The third-order valence-electron chi connectivity index (χ3n) is 4.91. The smallest absolute Gasteiger partial charge is 0.333 e. The van der Waals surface area contributed by atoms with Gasteiger partial charge in [0.05, 0.1) is 18.9 Å². The number of hydrogen-bond acceptors (Lipinski definition) is 6. The zero-order valence-corrected chi connectivity index (χ0v) is 19.5. The minimum Gasteiger partial charge on any atom is -0.493 e. The van der Waals surface area contributed by atoms with Gasteiger partial charge in [0.1, 0.15) is 16.5 Å². The maximum absolute atomic E-state index is 11.4. The summed E-state index contributed by atoms with van der Waals surface area (Å²) < 4.78 is 17.0. The SMILES string of the molecule is CCOc1cc(OCCc2nc(-c3ccccc3)sc2C)ccc1CC(OCC)C(=O)O. The zero-order chi connectivity index (χ0) is 22.9. The van der Waals surface area contributed by atoms with Crippen LogP contribution in [-0.4, -0.2) is 42.0 Å². The van der Waals surface area contributed by atoms with Crippen LogP contribution in [0.4, 0.5) is 0 Å². The summed E-state index contributed by atoms with van der Waals surface area (Å²) in [6.07, 6.45) is 0.0307. The van der Waals surface area contributed by atoms with Crippen LogP contribution < -0.4 is 9.47 Å². The molecule has 0 amide bonds. The van der Waals surface area contributed by atoms with E-state index in [-0.39, 0.29) is 6.42 Å². The molecule has 0 aliphatic carbocycles. The number of aliphatic carboxylic acids is 1. The number of aromatic nitrogens is 1. The van der Waals surface area contributed by atoms with Gasteiger partial charge in [0, 0.05) is 36.0 Å². The van der Waals surface area contributed by atoms with Gasteiger partial charge in [0.25, 0.3) is 0 Å². The van der Waals surface area contributed by atoms with Crippen molar-refractivity contribution < 1.29 is 24.1 Å². The van der Waals surface area contributed by atoms with Crippen molar-refractivity contribution in [2.24, 2.45) is 0 Å². The Morgan fingerprint density at radius 2 is 1.88 bits per heavy atom. The van der Waals surface area contributed by atoms with Crippen LogP contribution in [0.2, 0.25) is 0 Å². The third-order valence-corrected chi connectivity index (χ3v) is 5.97. The first-order chi connectivity index (χ1) is 15.5. The molecule has 3 aromatic rings. The fraction of sp³-hybridized carbons (Fsp3) is 0.360. The minimum atomic E-state index is -0.983. The Morgan fingerprint density at radius 1 is 1.09 bits per heavy atom. The average Bonchev–Trinajstić information content (AvgIpc) is 3.16. The summed E-state index contributed by atoms with van der Waals surface area (Å²) in [5.74, 6) is 0.312. The molecule has 0 bridgehead atoms. The molecule has 170 valence electrons. The lowest BCUT2D eigenvalue weighted by molar-refractivity contribution is -0.149. The van der Waals surface area contributed by atoms with E-state index in [0.717, 1.165) is 21.8 Å². The number of nitrogens with zero attached hydrogens (tertiary/aromatic N) is 1. The highest BCUT2D eigenvalue weighted by Gasteiger charge is 2.20. The quantitative estimate of drug-likeness (QED) is 0.406. The van der Waals surface area contributed by atoms with Crippen LogP contribution in [0.3, 0.4) is 0 Å². The Bertz CT molecular complexity index is 1020. The van der Waals surface area contributed by atoms with Crippen molar-refractivity contribution in [3.63, 3.8) is 0 Å². The van der Waals surface area contributed by atoms with Gasteiger partial charge in [-0.1, -0.05) is 36.4 Å². The van der Waals surface area contributed by atoms with Crippen molar-refractivity contribution in [2.75, 3.05) is 19.8 Å². The number of ether oxygens (including phenoxy) is 3. The molecule has 2 aromatic carbocycles. The minimum absolute atomic E-state index is 0.235. The van der Waals surface area contributed by atoms with Gasteiger partial charge < -0.3 is 19.3 Å². The van der Waals surface area contributed by atoms with E-state index in [4.69, 9.17) is 19.2 Å². The van der Waals surface area contributed by atoms with Crippen molar-refractivity contribution in [1.29, 1.82) is 0 Å². The second-order valence-electron chi connectivity index (χ2n) is 7.18. The Kier molecular flexibility index (Phi) is 8.64. The molecule has 0 saturated carbocycles. The summed E-state index contributed by atoms with van der Waals surface area (Å²) >= 11 is 1.69. The molecule has 0 saturated heterocycles. The molecule has 1 aromatic heterocycles. The number of thiazole rings is 1. The Hall–Kier alpha value is -2.90. The molecule has 1 unspecified atom stereocenters. The topological polar surface area (TPSA) is 77.9 Å². The van der Waals surface area contributed by atoms with Crippen LogP contribution in [0.15, 0.2) is 48.5 Å². The molecule has 1 N–H and O–H groups in total. The number of hydrogen-bond donors (Lipinski definition) is 1. The number of benzene rings is 2. The fourth-order valence-corrected chi connectivity index (χ4v) is 4.30. The zero-order valence-electron chi connectivity index (χ0n) is 18.7. The molecule has 0 radical (unpaired) electrons. The lowest BCUT2D eigenvalue weighted by atomic mass is 10.1. The Balaban J connectivity index is 1.65. The molecule has 0 aliphatic heterocycles. The predicted molar refractivity (Wildman–Crippen MR) is 126 cm³/mol. The number of carbonyl (C=O) groups is 1. The first-order valence-corrected chi connectivity index (χ1v) is 11.6. The number of aryl methyl sites for hydroxylation is 1. The van der Waals surface area contributed by atoms with Crippen LogP contribution in [0, 0.1) is 6.92 Å².